The van der Waals surface area contributed by atoms with E-state index in [0.29, 0.717) is 25.2 Å². The number of benzene rings is 2. The first-order chi connectivity index (χ1) is 12.5. The molecule has 0 unspecified atom stereocenters. The van der Waals surface area contributed by atoms with Crippen molar-refractivity contribution in [2.75, 3.05) is 23.8 Å². The standard InChI is InChI=1S/C18H17F2N5O/c1-11-2-14(22-16-8-26-9-16)7-15(3-11)23-18-21-10-25(24-18)17-5-12(19)4-13(20)6-17/h2-7,10,16,22H,8-9H2,1H3,(H,23,24). The second-order valence-corrected chi connectivity index (χ2v) is 6.23. The predicted octanol–water partition coefficient (Wildman–Crippen LogP) is 3.41. The Hall–Kier alpha value is -3.00. The van der Waals surface area contributed by atoms with Gasteiger partial charge in [-0.15, -0.1) is 5.10 Å². The van der Waals surface area contributed by atoms with E-state index in [1.165, 1.54) is 23.1 Å². The van der Waals surface area contributed by atoms with E-state index in [4.69, 9.17) is 4.74 Å². The van der Waals surface area contributed by atoms with Crippen LogP contribution in [0.2, 0.25) is 0 Å². The SMILES string of the molecule is Cc1cc(Nc2ncn(-c3cc(F)cc(F)c3)n2)cc(NC2COC2)c1. The first-order valence-electron chi connectivity index (χ1n) is 8.16. The minimum absolute atomic E-state index is 0.264. The topological polar surface area (TPSA) is 64.0 Å². The van der Waals surface area contributed by atoms with Crippen LogP contribution in [0, 0.1) is 18.6 Å². The molecule has 4 rings (SSSR count). The fraction of sp³-hybridized carbons (Fsp3) is 0.222. The molecule has 0 radical (unpaired) electrons. The highest BCUT2D eigenvalue weighted by molar-refractivity contribution is 5.63. The molecular formula is C18H17F2N5O. The van der Waals surface area contributed by atoms with Crippen LogP contribution in [-0.4, -0.2) is 34.0 Å². The maximum absolute atomic E-state index is 13.4. The summed E-state index contributed by atoms with van der Waals surface area (Å²) in [6, 6.07) is 9.48. The summed E-state index contributed by atoms with van der Waals surface area (Å²) in [4.78, 5) is 4.15. The minimum Gasteiger partial charge on any atom is -0.378 e. The van der Waals surface area contributed by atoms with E-state index < -0.39 is 11.6 Å². The third kappa shape index (κ3) is 3.65. The van der Waals surface area contributed by atoms with E-state index >= 15 is 0 Å². The Kier molecular flexibility index (Phi) is 4.26. The molecule has 6 nitrogen and oxygen atoms in total. The molecule has 0 spiro atoms. The van der Waals surface area contributed by atoms with Gasteiger partial charge in [0.1, 0.15) is 18.0 Å². The normalized spacial score (nSPS) is 14.1. The molecule has 1 aromatic heterocycles. The van der Waals surface area contributed by atoms with Crippen molar-refractivity contribution in [3.8, 4) is 5.69 Å². The van der Waals surface area contributed by atoms with Crippen molar-refractivity contribution < 1.29 is 13.5 Å². The van der Waals surface area contributed by atoms with Gasteiger partial charge in [0, 0.05) is 17.4 Å². The Labute approximate surface area is 148 Å². The largest absolute Gasteiger partial charge is 0.378 e. The molecule has 134 valence electrons. The van der Waals surface area contributed by atoms with Gasteiger partial charge in [-0.2, -0.15) is 4.98 Å². The minimum atomic E-state index is -0.667. The van der Waals surface area contributed by atoms with E-state index in [1.54, 1.807) is 0 Å². The van der Waals surface area contributed by atoms with Crippen LogP contribution in [0.3, 0.4) is 0 Å². The summed E-state index contributed by atoms with van der Waals surface area (Å²) < 4.78 is 33.2. The number of halogens is 2. The zero-order valence-electron chi connectivity index (χ0n) is 14.0. The van der Waals surface area contributed by atoms with Crippen molar-refractivity contribution in [2.24, 2.45) is 0 Å². The molecule has 26 heavy (non-hydrogen) atoms. The average Bonchev–Trinajstić information content (AvgIpc) is 2.98. The van der Waals surface area contributed by atoms with Crippen LogP contribution in [0.5, 0.6) is 0 Å². The first kappa shape index (κ1) is 16.5. The van der Waals surface area contributed by atoms with E-state index in [2.05, 4.69) is 20.7 Å². The van der Waals surface area contributed by atoms with E-state index in [-0.39, 0.29) is 5.69 Å². The maximum Gasteiger partial charge on any atom is 0.246 e. The number of aryl methyl sites for hydroxylation is 1. The molecule has 3 aromatic rings. The average molecular weight is 357 g/mol. The van der Waals surface area contributed by atoms with Crippen LogP contribution in [0.15, 0.2) is 42.7 Å². The van der Waals surface area contributed by atoms with Crippen LogP contribution in [0.25, 0.3) is 5.69 Å². The van der Waals surface area contributed by atoms with Crippen molar-refractivity contribution in [3.05, 3.63) is 59.9 Å². The Bertz CT molecular complexity index is 919. The highest BCUT2D eigenvalue weighted by atomic mass is 19.1. The van der Waals surface area contributed by atoms with Crippen molar-refractivity contribution in [3.63, 3.8) is 0 Å². The van der Waals surface area contributed by atoms with Crippen LogP contribution in [0.4, 0.5) is 26.1 Å². The third-order valence-corrected chi connectivity index (χ3v) is 3.95. The Morgan fingerprint density at radius 3 is 2.46 bits per heavy atom. The molecule has 0 aliphatic carbocycles. The van der Waals surface area contributed by atoms with E-state index in [0.717, 1.165) is 23.0 Å². The number of hydrogen-bond donors (Lipinski definition) is 2. The van der Waals surface area contributed by atoms with Gasteiger partial charge in [-0.05, 0) is 42.8 Å². The lowest BCUT2D eigenvalue weighted by atomic mass is 10.1. The van der Waals surface area contributed by atoms with Gasteiger partial charge < -0.3 is 15.4 Å². The summed E-state index contributed by atoms with van der Waals surface area (Å²) in [5, 5.41) is 10.7. The molecule has 2 heterocycles. The zero-order valence-corrected chi connectivity index (χ0v) is 14.0. The molecular weight excluding hydrogens is 340 g/mol. The molecule has 2 aromatic carbocycles. The zero-order chi connectivity index (χ0) is 18.1. The second-order valence-electron chi connectivity index (χ2n) is 6.23. The maximum atomic E-state index is 13.4. The van der Waals surface area contributed by atoms with Gasteiger partial charge >= 0.3 is 0 Å². The van der Waals surface area contributed by atoms with Crippen LogP contribution < -0.4 is 10.6 Å². The van der Waals surface area contributed by atoms with Crippen LogP contribution in [-0.2, 0) is 4.74 Å². The fourth-order valence-electron chi connectivity index (χ4n) is 2.74. The number of nitrogens with one attached hydrogen (secondary N) is 2. The van der Waals surface area contributed by atoms with Gasteiger partial charge in [-0.25, -0.2) is 13.5 Å². The number of nitrogens with zero attached hydrogens (tertiary/aromatic N) is 3. The highest BCUT2D eigenvalue weighted by Gasteiger charge is 2.18. The third-order valence-electron chi connectivity index (χ3n) is 3.95. The lowest BCUT2D eigenvalue weighted by Gasteiger charge is -2.28. The summed E-state index contributed by atoms with van der Waals surface area (Å²) >= 11 is 0. The smallest absolute Gasteiger partial charge is 0.246 e. The van der Waals surface area contributed by atoms with Crippen molar-refractivity contribution >= 4 is 17.3 Å². The van der Waals surface area contributed by atoms with E-state index in [1.807, 2.05) is 25.1 Å². The summed E-state index contributed by atoms with van der Waals surface area (Å²) in [6.07, 6.45) is 1.40. The van der Waals surface area contributed by atoms with Gasteiger partial charge in [0.15, 0.2) is 0 Å². The number of ether oxygens (including phenoxy) is 1. The van der Waals surface area contributed by atoms with Crippen molar-refractivity contribution in [1.82, 2.24) is 14.8 Å². The molecule has 0 saturated carbocycles. The lowest BCUT2D eigenvalue weighted by Crippen LogP contribution is -2.40. The monoisotopic (exact) mass is 357 g/mol. The second kappa shape index (κ2) is 6.72. The van der Waals surface area contributed by atoms with Gasteiger partial charge in [-0.3, -0.25) is 0 Å². The predicted molar refractivity (Wildman–Crippen MR) is 94.0 cm³/mol. The molecule has 1 saturated heterocycles. The molecule has 0 bridgehead atoms. The Morgan fingerprint density at radius 2 is 1.77 bits per heavy atom. The van der Waals surface area contributed by atoms with Gasteiger partial charge in [0.2, 0.25) is 5.95 Å². The van der Waals surface area contributed by atoms with Crippen molar-refractivity contribution in [2.45, 2.75) is 13.0 Å². The molecule has 0 amide bonds. The highest BCUT2D eigenvalue weighted by Crippen LogP contribution is 2.23. The van der Waals surface area contributed by atoms with E-state index in [9.17, 15) is 8.78 Å². The summed E-state index contributed by atoms with van der Waals surface area (Å²) in [7, 11) is 0. The van der Waals surface area contributed by atoms with Crippen LogP contribution >= 0.6 is 0 Å². The summed E-state index contributed by atoms with van der Waals surface area (Å²) in [6.45, 7) is 3.40. The van der Waals surface area contributed by atoms with Crippen molar-refractivity contribution in [1.29, 1.82) is 0 Å². The number of rotatable bonds is 5. The van der Waals surface area contributed by atoms with Gasteiger partial charge in [-0.1, -0.05) is 0 Å². The summed E-state index contributed by atoms with van der Waals surface area (Å²) in [5.74, 6) is -1.00. The lowest BCUT2D eigenvalue weighted by molar-refractivity contribution is 0.0211. The Morgan fingerprint density at radius 1 is 1.04 bits per heavy atom. The van der Waals surface area contributed by atoms with Gasteiger partial charge in [0.05, 0.1) is 24.9 Å². The summed E-state index contributed by atoms with van der Waals surface area (Å²) in [5.41, 5.74) is 3.13. The molecule has 8 heteroatoms. The first-order valence-corrected chi connectivity index (χ1v) is 8.16. The molecule has 0 atom stereocenters. The Balaban J connectivity index is 1.53. The quantitative estimate of drug-likeness (QED) is 0.733. The number of hydrogen-bond acceptors (Lipinski definition) is 5. The molecule has 1 aliphatic rings. The van der Waals surface area contributed by atoms with Gasteiger partial charge in [0.25, 0.3) is 0 Å². The fourth-order valence-corrected chi connectivity index (χ4v) is 2.74. The molecule has 1 aliphatic heterocycles. The number of anilines is 3. The molecule has 1 fully saturated rings. The molecule has 2 N–H and O–H groups in total. The number of aromatic nitrogens is 3. The van der Waals surface area contributed by atoms with Crippen LogP contribution in [0.1, 0.15) is 5.56 Å².